The molecule has 2 fully saturated rings. The van der Waals surface area contributed by atoms with E-state index in [0.717, 1.165) is 5.01 Å². The zero-order valence-corrected chi connectivity index (χ0v) is 14.8. The summed E-state index contributed by atoms with van der Waals surface area (Å²) < 4.78 is 16.1. The maximum absolute atomic E-state index is 12.2. The lowest BCUT2D eigenvalue weighted by molar-refractivity contribution is -0.137. The summed E-state index contributed by atoms with van der Waals surface area (Å²) in [5.41, 5.74) is 0.644. The Morgan fingerprint density at radius 3 is 2.74 bits per heavy atom. The van der Waals surface area contributed by atoms with E-state index in [1.807, 2.05) is 0 Å². The number of urea groups is 1. The van der Waals surface area contributed by atoms with Gasteiger partial charge in [0.1, 0.15) is 6.54 Å². The number of methoxy groups -OCH3 is 1. The number of hydrazone groups is 1. The van der Waals surface area contributed by atoms with Crippen LogP contribution in [0.2, 0.25) is 0 Å². The van der Waals surface area contributed by atoms with Crippen molar-refractivity contribution in [3.63, 3.8) is 0 Å². The van der Waals surface area contributed by atoms with Crippen LogP contribution in [0.1, 0.15) is 5.56 Å². The third-order valence-corrected chi connectivity index (χ3v) is 4.02. The number of nitrogens with zero attached hydrogens (tertiary/aromatic N) is 3. The van der Waals surface area contributed by atoms with Gasteiger partial charge in [-0.2, -0.15) is 5.10 Å². The van der Waals surface area contributed by atoms with Crippen LogP contribution < -0.4 is 14.8 Å². The van der Waals surface area contributed by atoms with Gasteiger partial charge in [-0.25, -0.2) is 9.80 Å². The van der Waals surface area contributed by atoms with Crippen LogP contribution in [-0.2, 0) is 14.3 Å². The lowest BCUT2D eigenvalue weighted by Gasteiger charge is -2.26. The fraction of sp³-hybridized carbons (Fsp3) is 0.412. The van der Waals surface area contributed by atoms with E-state index in [-0.39, 0.29) is 19.1 Å². The SMILES string of the molecule is COc1cc(C=NN2CC(=O)NC2=O)ccc1OCC(=O)N1CCOCC1. The molecule has 1 aromatic carbocycles. The van der Waals surface area contributed by atoms with E-state index in [2.05, 4.69) is 10.4 Å². The third kappa shape index (κ3) is 4.73. The van der Waals surface area contributed by atoms with E-state index in [0.29, 0.717) is 43.4 Å². The molecule has 0 unspecified atom stereocenters. The Morgan fingerprint density at radius 1 is 1.30 bits per heavy atom. The molecular formula is C17H20N4O6. The summed E-state index contributed by atoms with van der Waals surface area (Å²) in [6.07, 6.45) is 1.43. The zero-order valence-electron chi connectivity index (χ0n) is 14.8. The van der Waals surface area contributed by atoms with Crippen molar-refractivity contribution in [2.45, 2.75) is 0 Å². The minimum absolute atomic E-state index is 0.0974. The first-order chi connectivity index (χ1) is 13.1. The number of nitrogens with one attached hydrogen (secondary N) is 1. The predicted octanol–water partition coefficient (Wildman–Crippen LogP) is -0.181. The summed E-state index contributed by atoms with van der Waals surface area (Å²) in [6.45, 7) is 1.97. The van der Waals surface area contributed by atoms with E-state index in [9.17, 15) is 14.4 Å². The van der Waals surface area contributed by atoms with Crippen LogP contribution in [0.3, 0.4) is 0 Å². The molecule has 2 aliphatic heterocycles. The van der Waals surface area contributed by atoms with Crippen LogP contribution in [0.4, 0.5) is 4.79 Å². The number of carbonyl (C=O) groups is 3. The molecule has 2 heterocycles. The van der Waals surface area contributed by atoms with Crippen molar-refractivity contribution in [3.8, 4) is 11.5 Å². The minimum atomic E-state index is -0.565. The summed E-state index contributed by atoms with van der Waals surface area (Å²) in [7, 11) is 1.49. The maximum Gasteiger partial charge on any atom is 0.344 e. The molecule has 0 aromatic heterocycles. The summed E-state index contributed by atoms with van der Waals surface area (Å²) in [4.78, 5) is 36.4. The number of benzene rings is 1. The van der Waals surface area contributed by atoms with Gasteiger partial charge in [0.15, 0.2) is 18.1 Å². The van der Waals surface area contributed by atoms with Gasteiger partial charge in [-0.3, -0.25) is 14.9 Å². The first kappa shape index (κ1) is 18.6. The van der Waals surface area contributed by atoms with Crippen LogP contribution in [-0.4, -0.2) is 80.5 Å². The molecule has 27 heavy (non-hydrogen) atoms. The highest BCUT2D eigenvalue weighted by Gasteiger charge is 2.26. The molecule has 2 saturated heterocycles. The second-order valence-electron chi connectivity index (χ2n) is 5.85. The van der Waals surface area contributed by atoms with Crippen LogP contribution in [0, 0.1) is 0 Å². The number of hydrogen-bond acceptors (Lipinski definition) is 7. The van der Waals surface area contributed by atoms with Crippen molar-refractivity contribution in [1.82, 2.24) is 15.2 Å². The highest BCUT2D eigenvalue weighted by atomic mass is 16.5. The number of imide groups is 1. The van der Waals surface area contributed by atoms with Gasteiger partial charge in [-0.05, 0) is 23.8 Å². The molecule has 2 aliphatic rings. The number of amides is 4. The number of carbonyl (C=O) groups excluding carboxylic acids is 3. The molecule has 10 heteroatoms. The van der Waals surface area contributed by atoms with Crippen LogP contribution in [0.25, 0.3) is 0 Å². The van der Waals surface area contributed by atoms with Gasteiger partial charge in [-0.1, -0.05) is 0 Å². The van der Waals surface area contributed by atoms with Gasteiger partial charge >= 0.3 is 6.03 Å². The topological polar surface area (TPSA) is 110 Å². The average Bonchev–Trinajstić information content (AvgIpc) is 3.02. The Hall–Kier alpha value is -3.14. The smallest absolute Gasteiger partial charge is 0.344 e. The molecule has 1 aromatic rings. The predicted molar refractivity (Wildman–Crippen MR) is 93.7 cm³/mol. The van der Waals surface area contributed by atoms with Crippen molar-refractivity contribution < 1.29 is 28.6 Å². The van der Waals surface area contributed by atoms with Crippen molar-refractivity contribution in [2.24, 2.45) is 5.10 Å². The molecular weight excluding hydrogens is 356 g/mol. The Morgan fingerprint density at radius 2 is 2.07 bits per heavy atom. The molecule has 10 nitrogen and oxygen atoms in total. The number of ether oxygens (including phenoxy) is 3. The highest BCUT2D eigenvalue weighted by Crippen LogP contribution is 2.27. The molecule has 0 radical (unpaired) electrons. The summed E-state index contributed by atoms with van der Waals surface area (Å²) in [5, 5.41) is 7.13. The molecule has 3 rings (SSSR count). The summed E-state index contributed by atoms with van der Waals surface area (Å²) in [6, 6.07) is 4.46. The van der Waals surface area contributed by atoms with E-state index in [4.69, 9.17) is 14.2 Å². The van der Waals surface area contributed by atoms with Gasteiger partial charge in [0.05, 0.1) is 26.5 Å². The van der Waals surface area contributed by atoms with E-state index < -0.39 is 11.9 Å². The first-order valence-corrected chi connectivity index (χ1v) is 8.38. The van der Waals surface area contributed by atoms with Crippen molar-refractivity contribution in [1.29, 1.82) is 0 Å². The zero-order chi connectivity index (χ0) is 19.2. The van der Waals surface area contributed by atoms with E-state index >= 15 is 0 Å². The molecule has 0 spiro atoms. The lowest BCUT2D eigenvalue weighted by atomic mass is 10.2. The van der Waals surface area contributed by atoms with Crippen LogP contribution >= 0.6 is 0 Å². The molecule has 0 atom stereocenters. The summed E-state index contributed by atoms with van der Waals surface area (Å²) in [5.74, 6) is 0.333. The monoisotopic (exact) mass is 376 g/mol. The van der Waals surface area contributed by atoms with Gasteiger partial charge < -0.3 is 19.1 Å². The fourth-order valence-electron chi connectivity index (χ4n) is 2.59. The lowest BCUT2D eigenvalue weighted by Crippen LogP contribution is -2.43. The summed E-state index contributed by atoms with van der Waals surface area (Å²) >= 11 is 0. The molecule has 1 N–H and O–H groups in total. The molecule has 0 aliphatic carbocycles. The number of morpholine rings is 1. The van der Waals surface area contributed by atoms with E-state index in [1.165, 1.54) is 13.3 Å². The molecule has 4 amide bonds. The first-order valence-electron chi connectivity index (χ1n) is 8.38. The van der Waals surface area contributed by atoms with Crippen LogP contribution in [0.5, 0.6) is 11.5 Å². The Bertz CT molecular complexity index is 760. The highest BCUT2D eigenvalue weighted by molar-refractivity contribution is 6.02. The Kier molecular flexibility index (Phi) is 5.87. The minimum Gasteiger partial charge on any atom is -0.493 e. The van der Waals surface area contributed by atoms with E-state index in [1.54, 1.807) is 23.1 Å². The standard InChI is InChI=1S/C17H20N4O6/c1-25-14-8-12(9-18-21-10-15(22)19-17(21)24)2-3-13(14)27-11-16(23)20-4-6-26-7-5-20/h2-3,8-9H,4-7,10-11H2,1H3,(H,19,22,24). The fourth-order valence-corrected chi connectivity index (χ4v) is 2.59. The van der Waals surface area contributed by atoms with Gasteiger partial charge in [-0.15, -0.1) is 0 Å². The molecule has 0 bridgehead atoms. The Labute approximate surface area is 155 Å². The molecule has 0 saturated carbocycles. The number of hydrogen-bond donors (Lipinski definition) is 1. The van der Waals surface area contributed by atoms with Gasteiger partial charge in [0.2, 0.25) is 5.91 Å². The van der Waals surface area contributed by atoms with Gasteiger partial charge in [0, 0.05) is 13.1 Å². The second kappa shape index (κ2) is 8.49. The Balaban J connectivity index is 1.61. The maximum atomic E-state index is 12.2. The number of rotatable bonds is 6. The normalized spacial score (nSPS) is 17.4. The third-order valence-electron chi connectivity index (χ3n) is 4.02. The van der Waals surface area contributed by atoms with Crippen molar-refractivity contribution in [2.75, 3.05) is 46.6 Å². The van der Waals surface area contributed by atoms with Crippen molar-refractivity contribution in [3.05, 3.63) is 23.8 Å². The van der Waals surface area contributed by atoms with Crippen molar-refractivity contribution >= 4 is 24.1 Å². The van der Waals surface area contributed by atoms with Crippen LogP contribution in [0.15, 0.2) is 23.3 Å². The van der Waals surface area contributed by atoms with Gasteiger partial charge in [0.25, 0.3) is 5.91 Å². The second-order valence-corrected chi connectivity index (χ2v) is 5.85. The largest absolute Gasteiger partial charge is 0.493 e. The quantitative estimate of drug-likeness (QED) is 0.545. The average molecular weight is 376 g/mol. The molecule has 144 valence electrons.